The minimum Gasteiger partial charge on any atom is -0.0847 e. The molecule has 0 amide bonds. The Morgan fingerprint density at radius 1 is 1.50 bits per heavy atom. The van der Waals surface area contributed by atoms with Gasteiger partial charge in [0, 0.05) is 0 Å². The van der Waals surface area contributed by atoms with Crippen LogP contribution >= 0.6 is 0 Å². The third-order valence-electron chi connectivity index (χ3n) is 4.44. The molecule has 0 N–H and O–H groups in total. The van der Waals surface area contributed by atoms with E-state index in [1.165, 1.54) is 25.7 Å². The molecular formula is C12H20. The molecule has 12 heavy (non-hydrogen) atoms. The lowest BCUT2D eigenvalue weighted by atomic mass is 9.63. The van der Waals surface area contributed by atoms with Crippen LogP contribution in [0.15, 0.2) is 11.6 Å². The van der Waals surface area contributed by atoms with Gasteiger partial charge in [-0.05, 0) is 37.0 Å². The summed E-state index contributed by atoms with van der Waals surface area (Å²) in [6, 6.07) is 0. The fourth-order valence-corrected chi connectivity index (χ4v) is 3.32. The van der Waals surface area contributed by atoms with E-state index >= 15 is 0 Å². The maximum atomic E-state index is 2.48. The Labute approximate surface area is 76.1 Å². The van der Waals surface area contributed by atoms with Crippen molar-refractivity contribution in [2.24, 2.45) is 17.3 Å². The lowest BCUT2D eigenvalue weighted by Crippen LogP contribution is -2.33. The number of fused-ring (bicyclic) bond motifs is 1. The van der Waals surface area contributed by atoms with Crippen LogP contribution < -0.4 is 0 Å². The second-order valence-electron chi connectivity index (χ2n) is 5.02. The van der Waals surface area contributed by atoms with Gasteiger partial charge in [0.15, 0.2) is 0 Å². The molecule has 0 aliphatic heterocycles. The highest BCUT2D eigenvalue weighted by Crippen LogP contribution is 2.54. The van der Waals surface area contributed by atoms with Gasteiger partial charge in [-0.3, -0.25) is 0 Å². The molecule has 2 aliphatic carbocycles. The van der Waals surface area contributed by atoms with E-state index in [-0.39, 0.29) is 0 Å². The van der Waals surface area contributed by atoms with Crippen LogP contribution in [0.1, 0.15) is 46.5 Å². The molecule has 0 heterocycles. The summed E-state index contributed by atoms with van der Waals surface area (Å²) in [6.45, 7) is 7.25. The van der Waals surface area contributed by atoms with Crippen LogP contribution in [0.5, 0.6) is 0 Å². The average molecular weight is 164 g/mol. The van der Waals surface area contributed by atoms with Crippen molar-refractivity contribution in [3.63, 3.8) is 0 Å². The van der Waals surface area contributed by atoms with Crippen LogP contribution in [0.2, 0.25) is 0 Å². The first-order valence-corrected chi connectivity index (χ1v) is 5.32. The molecular weight excluding hydrogens is 144 g/mol. The largest absolute Gasteiger partial charge is 0.0847 e. The molecule has 0 aromatic rings. The van der Waals surface area contributed by atoms with Gasteiger partial charge in [0.25, 0.3) is 0 Å². The van der Waals surface area contributed by atoms with E-state index in [9.17, 15) is 0 Å². The Morgan fingerprint density at radius 3 is 2.92 bits per heavy atom. The first kappa shape index (κ1) is 8.34. The molecule has 1 fully saturated rings. The zero-order chi connectivity index (χ0) is 8.77. The first-order chi connectivity index (χ1) is 5.64. The summed E-state index contributed by atoms with van der Waals surface area (Å²) in [5.74, 6) is 1.92. The van der Waals surface area contributed by atoms with E-state index in [0.717, 1.165) is 11.8 Å². The van der Waals surface area contributed by atoms with Crippen LogP contribution in [0.25, 0.3) is 0 Å². The average Bonchev–Trinajstić information content (AvgIpc) is 2.30. The third kappa shape index (κ3) is 0.967. The van der Waals surface area contributed by atoms with Gasteiger partial charge in [-0.1, -0.05) is 38.3 Å². The summed E-state index contributed by atoms with van der Waals surface area (Å²) in [4.78, 5) is 0. The Hall–Kier alpha value is -0.260. The summed E-state index contributed by atoms with van der Waals surface area (Å²) >= 11 is 0. The smallest absolute Gasteiger partial charge is 0.00854 e. The molecule has 2 aliphatic rings. The maximum Gasteiger partial charge on any atom is -0.00854 e. The summed E-state index contributed by atoms with van der Waals surface area (Å²) in [7, 11) is 0. The molecule has 0 radical (unpaired) electrons. The van der Waals surface area contributed by atoms with Gasteiger partial charge in [-0.2, -0.15) is 0 Å². The summed E-state index contributed by atoms with van der Waals surface area (Å²) in [5.41, 5.74) is 2.25. The molecule has 0 heteroatoms. The van der Waals surface area contributed by atoms with Gasteiger partial charge in [0.2, 0.25) is 0 Å². The third-order valence-corrected chi connectivity index (χ3v) is 4.44. The van der Waals surface area contributed by atoms with Gasteiger partial charge in [0.1, 0.15) is 0 Å². The van der Waals surface area contributed by atoms with Crippen LogP contribution in [0, 0.1) is 17.3 Å². The highest BCUT2D eigenvalue weighted by atomic mass is 14.5. The Morgan fingerprint density at radius 2 is 2.25 bits per heavy atom. The van der Waals surface area contributed by atoms with Crippen molar-refractivity contribution in [2.75, 3.05) is 0 Å². The molecule has 3 unspecified atom stereocenters. The molecule has 0 aromatic heterocycles. The second kappa shape index (κ2) is 2.61. The number of allylic oxidation sites excluding steroid dienone is 2. The van der Waals surface area contributed by atoms with Crippen molar-refractivity contribution in [2.45, 2.75) is 46.5 Å². The SMILES string of the molecule is CC1=CCC2C(C)CCCC12C. The molecule has 0 nitrogen and oxygen atoms in total. The maximum absolute atomic E-state index is 2.48. The topological polar surface area (TPSA) is 0 Å². The van der Waals surface area contributed by atoms with Crippen molar-refractivity contribution < 1.29 is 0 Å². The first-order valence-electron chi connectivity index (χ1n) is 5.32. The van der Waals surface area contributed by atoms with Gasteiger partial charge in [0.05, 0.1) is 0 Å². The van der Waals surface area contributed by atoms with E-state index in [1.807, 2.05) is 0 Å². The van der Waals surface area contributed by atoms with Crippen LogP contribution in [0.3, 0.4) is 0 Å². The van der Waals surface area contributed by atoms with Gasteiger partial charge in [-0.25, -0.2) is 0 Å². The number of rotatable bonds is 0. The normalized spacial score (nSPS) is 47.1. The molecule has 0 bridgehead atoms. The molecule has 0 aromatic carbocycles. The Kier molecular flexibility index (Phi) is 1.82. The van der Waals surface area contributed by atoms with E-state index in [1.54, 1.807) is 5.57 Å². The lowest BCUT2D eigenvalue weighted by molar-refractivity contribution is 0.119. The fraction of sp³-hybridized carbons (Fsp3) is 0.833. The fourth-order valence-electron chi connectivity index (χ4n) is 3.32. The minimum absolute atomic E-state index is 0.581. The minimum atomic E-state index is 0.581. The standard InChI is InChI=1S/C12H20/c1-9-5-4-8-12(3)10(2)6-7-11(9)12/h6,9,11H,4-5,7-8H2,1-3H3. The molecule has 1 saturated carbocycles. The predicted molar refractivity (Wildman–Crippen MR) is 53.0 cm³/mol. The van der Waals surface area contributed by atoms with Crippen molar-refractivity contribution in [3.05, 3.63) is 11.6 Å². The van der Waals surface area contributed by atoms with E-state index in [4.69, 9.17) is 0 Å². The zero-order valence-corrected chi connectivity index (χ0v) is 8.56. The molecule has 3 atom stereocenters. The van der Waals surface area contributed by atoms with Gasteiger partial charge >= 0.3 is 0 Å². The number of hydrogen-bond donors (Lipinski definition) is 0. The van der Waals surface area contributed by atoms with Crippen LogP contribution in [0.4, 0.5) is 0 Å². The van der Waals surface area contributed by atoms with E-state index in [0.29, 0.717) is 5.41 Å². The van der Waals surface area contributed by atoms with E-state index in [2.05, 4.69) is 26.8 Å². The number of hydrogen-bond acceptors (Lipinski definition) is 0. The molecule has 0 spiro atoms. The highest BCUT2D eigenvalue weighted by molar-refractivity contribution is 5.21. The molecule has 68 valence electrons. The Balaban J connectivity index is 2.26. The molecule has 0 saturated heterocycles. The monoisotopic (exact) mass is 164 g/mol. The van der Waals surface area contributed by atoms with Crippen molar-refractivity contribution in [1.82, 2.24) is 0 Å². The summed E-state index contributed by atoms with van der Waals surface area (Å²) < 4.78 is 0. The quantitative estimate of drug-likeness (QED) is 0.478. The predicted octanol–water partition coefficient (Wildman–Crippen LogP) is 3.78. The van der Waals surface area contributed by atoms with Crippen molar-refractivity contribution >= 4 is 0 Å². The summed E-state index contributed by atoms with van der Waals surface area (Å²) in [6.07, 6.45) is 8.17. The van der Waals surface area contributed by atoms with Gasteiger partial charge < -0.3 is 0 Å². The summed E-state index contributed by atoms with van der Waals surface area (Å²) in [5, 5.41) is 0. The van der Waals surface area contributed by atoms with Gasteiger partial charge in [-0.15, -0.1) is 0 Å². The van der Waals surface area contributed by atoms with Crippen molar-refractivity contribution in [1.29, 1.82) is 0 Å². The van der Waals surface area contributed by atoms with Crippen LogP contribution in [-0.4, -0.2) is 0 Å². The zero-order valence-electron chi connectivity index (χ0n) is 8.56. The van der Waals surface area contributed by atoms with Crippen molar-refractivity contribution in [3.8, 4) is 0 Å². The van der Waals surface area contributed by atoms with E-state index < -0.39 is 0 Å². The Bertz CT molecular complexity index is 214. The lowest BCUT2D eigenvalue weighted by Gasteiger charge is -2.42. The van der Waals surface area contributed by atoms with Crippen LogP contribution in [-0.2, 0) is 0 Å². The second-order valence-corrected chi connectivity index (χ2v) is 5.02. The highest BCUT2D eigenvalue weighted by Gasteiger charge is 2.43. The molecule has 2 rings (SSSR count).